The van der Waals surface area contributed by atoms with Crippen LogP contribution in [0.4, 0.5) is 8.78 Å². The lowest BCUT2D eigenvalue weighted by Crippen LogP contribution is -1.89. The topological polar surface area (TPSA) is 12.9 Å². The van der Waals surface area contributed by atoms with Crippen LogP contribution in [0.5, 0.6) is 0 Å². The molecule has 0 bridgehead atoms. The molecule has 1 aromatic rings. The number of thiol groups is 1. The Morgan fingerprint density at radius 3 is 2.42 bits per heavy atom. The fourth-order valence-corrected chi connectivity index (χ4v) is 0.758. The summed E-state index contributed by atoms with van der Waals surface area (Å²) >= 11 is 3.83. The van der Waals surface area contributed by atoms with Gasteiger partial charge >= 0.3 is 0 Å². The molecule has 4 heteroatoms. The van der Waals surface area contributed by atoms with Crippen molar-refractivity contribution in [1.82, 2.24) is 4.98 Å². The first kappa shape index (κ1) is 9.01. The van der Waals surface area contributed by atoms with Crippen molar-refractivity contribution in [1.29, 1.82) is 0 Å². The summed E-state index contributed by atoms with van der Waals surface area (Å²) < 4.78 is 24.8. The van der Waals surface area contributed by atoms with E-state index in [0.29, 0.717) is 5.75 Å². The zero-order valence-corrected chi connectivity index (χ0v) is 6.91. The van der Waals surface area contributed by atoms with Crippen LogP contribution in [0.3, 0.4) is 0 Å². The minimum atomic E-state index is -0.863. The Labute approximate surface area is 74.2 Å². The second-order valence-electron chi connectivity index (χ2n) is 1.96. The van der Waals surface area contributed by atoms with Crippen LogP contribution < -0.4 is 0 Å². The van der Waals surface area contributed by atoms with Gasteiger partial charge in [-0.3, -0.25) is 0 Å². The van der Waals surface area contributed by atoms with Crippen LogP contribution in [0.25, 0.3) is 0 Å². The Balaban J connectivity index is 3.01. The maximum absolute atomic E-state index is 12.4. The number of halogens is 2. The molecule has 0 atom stereocenters. The van der Waals surface area contributed by atoms with Crippen LogP contribution in [0.15, 0.2) is 12.1 Å². The zero-order chi connectivity index (χ0) is 8.97. The van der Waals surface area contributed by atoms with E-state index in [9.17, 15) is 8.78 Å². The summed E-state index contributed by atoms with van der Waals surface area (Å²) in [4.78, 5) is 2.92. The van der Waals surface area contributed by atoms with E-state index in [1.165, 1.54) is 0 Å². The summed E-state index contributed by atoms with van der Waals surface area (Å²) in [5.41, 5.74) is 0.272. The van der Waals surface area contributed by atoms with Crippen LogP contribution in [-0.2, 0) is 0 Å². The summed E-state index contributed by atoms with van der Waals surface area (Å²) in [6, 6.07) is 2.14. The Kier molecular flexibility index (Phi) is 3.06. The predicted molar refractivity (Wildman–Crippen MR) is 44.9 cm³/mol. The molecule has 0 aliphatic carbocycles. The molecule has 0 spiro atoms. The molecule has 0 N–H and O–H groups in total. The number of hydrogen-bond donors (Lipinski definition) is 1. The van der Waals surface area contributed by atoms with Gasteiger partial charge in [-0.25, -0.2) is 0 Å². The third-order valence-electron chi connectivity index (χ3n) is 1.07. The van der Waals surface area contributed by atoms with E-state index in [2.05, 4.69) is 29.5 Å². The smallest absolute Gasteiger partial charge is 0.191 e. The minimum Gasteiger partial charge on any atom is -0.191 e. The van der Waals surface area contributed by atoms with Crippen LogP contribution in [-0.4, -0.2) is 10.7 Å². The first-order chi connectivity index (χ1) is 5.72. The van der Waals surface area contributed by atoms with E-state index in [1.54, 1.807) is 0 Å². The second-order valence-corrected chi connectivity index (χ2v) is 2.28. The maximum atomic E-state index is 12.4. The Bertz CT molecular complexity index is 320. The van der Waals surface area contributed by atoms with Crippen molar-refractivity contribution in [2.75, 3.05) is 5.75 Å². The molecule has 0 aliphatic rings. The van der Waals surface area contributed by atoms with Crippen LogP contribution in [0.2, 0.25) is 0 Å². The lowest BCUT2D eigenvalue weighted by atomic mass is 10.3. The SMILES string of the molecule is Fc1cc(C#CCS)cc(F)n1. The third-order valence-corrected chi connectivity index (χ3v) is 1.23. The van der Waals surface area contributed by atoms with Gasteiger partial charge in [-0.2, -0.15) is 26.4 Å². The number of rotatable bonds is 0. The highest BCUT2D eigenvalue weighted by Gasteiger charge is 1.98. The molecular formula is C8H5F2NS. The van der Waals surface area contributed by atoms with Crippen LogP contribution in [0, 0.1) is 23.7 Å². The van der Waals surface area contributed by atoms with Gasteiger partial charge in [-0.1, -0.05) is 11.8 Å². The van der Waals surface area contributed by atoms with Crippen molar-refractivity contribution in [3.05, 3.63) is 29.6 Å². The second kappa shape index (κ2) is 4.07. The maximum Gasteiger partial charge on any atom is 0.216 e. The first-order valence-electron chi connectivity index (χ1n) is 3.15. The van der Waals surface area contributed by atoms with Gasteiger partial charge in [0.15, 0.2) is 0 Å². The Hall–Kier alpha value is -1.08. The fraction of sp³-hybridized carbons (Fsp3) is 0.125. The van der Waals surface area contributed by atoms with Crippen molar-refractivity contribution in [3.8, 4) is 11.8 Å². The van der Waals surface area contributed by atoms with Crippen molar-refractivity contribution in [2.24, 2.45) is 0 Å². The summed E-state index contributed by atoms with van der Waals surface area (Å²) in [6.45, 7) is 0. The number of hydrogen-bond acceptors (Lipinski definition) is 2. The summed E-state index contributed by atoms with van der Waals surface area (Å²) in [5.74, 6) is 3.73. The van der Waals surface area contributed by atoms with Crippen LogP contribution >= 0.6 is 12.6 Å². The molecule has 0 aromatic carbocycles. The highest BCUT2D eigenvalue weighted by atomic mass is 32.1. The molecule has 0 saturated carbocycles. The van der Waals surface area contributed by atoms with Gasteiger partial charge in [0, 0.05) is 17.7 Å². The molecule has 1 rings (SSSR count). The molecule has 0 radical (unpaired) electrons. The first-order valence-corrected chi connectivity index (χ1v) is 3.78. The van der Waals surface area contributed by atoms with Crippen molar-refractivity contribution >= 4 is 12.6 Å². The average molecular weight is 185 g/mol. The molecular weight excluding hydrogens is 180 g/mol. The van der Waals surface area contributed by atoms with E-state index in [1.807, 2.05) is 0 Å². The summed E-state index contributed by atoms with van der Waals surface area (Å²) in [5, 5.41) is 0. The van der Waals surface area contributed by atoms with Gasteiger partial charge in [-0.15, -0.1) is 0 Å². The minimum absolute atomic E-state index is 0.272. The van der Waals surface area contributed by atoms with E-state index < -0.39 is 11.9 Å². The summed E-state index contributed by atoms with van der Waals surface area (Å²) in [6.07, 6.45) is 0. The van der Waals surface area contributed by atoms with E-state index >= 15 is 0 Å². The molecule has 0 saturated heterocycles. The number of aromatic nitrogens is 1. The van der Waals surface area contributed by atoms with E-state index in [-0.39, 0.29) is 5.56 Å². The van der Waals surface area contributed by atoms with Gasteiger partial charge in [-0.05, 0) is 0 Å². The molecule has 1 nitrogen and oxygen atoms in total. The van der Waals surface area contributed by atoms with E-state index in [4.69, 9.17) is 0 Å². The highest BCUT2D eigenvalue weighted by molar-refractivity contribution is 7.80. The number of pyridine rings is 1. The van der Waals surface area contributed by atoms with Gasteiger partial charge < -0.3 is 0 Å². The van der Waals surface area contributed by atoms with Gasteiger partial charge in [0.1, 0.15) is 0 Å². The van der Waals surface area contributed by atoms with Gasteiger partial charge in [0.2, 0.25) is 11.9 Å². The average Bonchev–Trinajstić information content (AvgIpc) is 1.99. The zero-order valence-electron chi connectivity index (χ0n) is 6.01. The van der Waals surface area contributed by atoms with Crippen molar-refractivity contribution < 1.29 is 8.78 Å². The normalized spacial score (nSPS) is 8.92. The fourth-order valence-electron chi connectivity index (χ4n) is 0.679. The third kappa shape index (κ3) is 2.51. The van der Waals surface area contributed by atoms with Crippen LogP contribution in [0.1, 0.15) is 5.56 Å². The Morgan fingerprint density at radius 1 is 1.33 bits per heavy atom. The van der Waals surface area contributed by atoms with Gasteiger partial charge in [0.25, 0.3) is 0 Å². The highest BCUT2D eigenvalue weighted by Crippen LogP contribution is 2.01. The number of nitrogens with zero attached hydrogens (tertiary/aromatic N) is 1. The summed E-state index contributed by atoms with van der Waals surface area (Å²) in [7, 11) is 0. The predicted octanol–water partition coefficient (Wildman–Crippen LogP) is 1.64. The largest absolute Gasteiger partial charge is 0.216 e. The molecule has 0 fully saturated rings. The monoisotopic (exact) mass is 185 g/mol. The Morgan fingerprint density at radius 2 is 1.92 bits per heavy atom. The molecule has 0 amide bonds. The lowest BCUT2D eigenvalue weighted by molar-refractivity contribution is 0.512. The lowest BCUT2D eigenvalue weighted by Gasteiger charge is -1.90. The molecule has 0 unspecified atom stereocenters. The molecule has 1 aromatic heterocycles. The molecule has 1 heterocycles. The van der Waals surface area contributed by atoms with Crippen molar-refractivity contribution in [2.45, 2.75) is 0 Å². The standard InChI is InChI=1S/C8H5F2NS/c9-7-4-6(2-1-3-12)5-8(10)11-7/h4-5,12H,3H2. The quantitative estimate of drug-likeness (QED) is 0.368. The van der Waals surface area contributed by atoms with Crippen molar-refractivity contribution in [3.63, 3.8) is 0 Å². The molecule has 0 aliphatic heterocycles. The van der Waals surface area contributed by atoms with E-state index in [0.717, 1.165) is 12.1 Å². The molecule has 62 valence electrons. The molecule has 12 heavy (non-hydrogen) atoms. The van der Waals surface area contributed by atoms with Gasteiger partial charge in [0.05, 0.1) is 5.75 Å².